The van der Waals surface area contributed by atoms with Crippen LogP contribution < -0.4 is 37.7 Å². The molecule has 1 nitrogen and oxygen atoms in total. The van der Waals surface area contributed by atoms with E-state index >= 15 is 0 Å². The Hall–Kier alpha value is 1.43. The van der Waals surface area contributed by atoms with E-state index in [-0.39, 0.29) is 43.1 Å². The van der Waals surface area contributed by atoms with E-state index in [1.54, 1.807) is 0 Å². The minimum atomic E-state index is -1.80. The second-order valence-corrected chi connectivity index (χ2v) is 11.1. The third-order valence-electron chi connectivity index (χ3n) is 4.65. The molecule has 0 saturated carbocycles. The molecule has 0 saturated heterocycles. The second-order valence-electron chi connectivity index (χ2n) is 6.27. The van der Waals surface area contributed by atoms with Gasteiger partial charge in [0.15, 0.2) is 0 Å². The number of allylic oxidation sites excluding steroid dienone is 1. The number of hydrogen-bond donors (Lipinski definition) is 0. The van der Waals surface area contributed by atoms with E-state index in [0.717, 1.165) is 19.4 Å². The van der Waals surface area contributed by atoms with E-state index in [2.05, 4.69) is 41.2 Å². The first-order valence-electron chi connectivity index (χ1n) is 8.34. The van der Waals surface area contributed by atoms with Crippen molar-refractivity contribution < 1.29 is 41.5 Å². The maximum absolute atomic E-state index is 6.53. The first-order chi connectivity index (χ1) is 9.01. The molecule has 0 aromatic rings. The van der Waals surface area contributed by atoms with Crippen LogP contribution in [0.2, 0.25) is 15.8 Å². The molecule has 0 amide bonds. The van der Waals surface area contributed by atoms with Crippen LogP contribution in [0.1, 0.15) is 59.8 Å². The van der Waals surface area contributed by atoms with E-state index in [4.69, 9.17) is 3.79 Å². The van der Waals surface area contributed by atoms with Crippen molar-refractivity contribution in [3.8, 4) is 0 Å². The molecule has 1 unspecified atom stereocenters. The molecule has 0 aliphatic carbocycles. The van der Waals surface area contributed by atoms with Crippen LogP contribution in [-0.2, 0) is 3.79 Å². The topological polar surface area (TPSA) is 9.23 Å². The molecule has 0 fully saturated rings. The van der Waals surface area contributed by atoms with Crippen molar-refractivity contribution in [2.45, 2.75) is 75.6 Å². The van der Waals surface area contributed by atoms with Gasteiger partial charge in [-0.3, -0.25) is 0 Å². The van der Waals surface area contributed by atoms with Gasteiger partial charge in [-0.05, 0) is 6.61 Å². The summed E-state index contributed by atoms with van der Waals surface area (Å²) in [7, 11) is 0. The first kappa shape index (κ1) is 27.3. The van der Waals surface area contributed by atoms with E-state index in [1.807, 2.05) is 6.08 Å². The van der Waals surface area contributed by atoms with Crippen molar-refractivity contribution in [3.63, 3.8) is 0 Å². The Morgan fingerprint density at radius 1 is 1.00 bits per heavy atom. The second kappa shape index (κ2) is 15.0. The fraction of sp³-hybridized carbons (Fsp3) is 0.824. The summed E-state index contributed by atoms with van der Waals surface area (Å²) in [5.41, 5.74) is 0.00919. The van der Waals surface area contributed by atoms with Crippen molar-refractivity contribution >= 4 is 13.4 Å². The van der Waals surface area contributed by atoms with Crippen LogP contribution >= 0.6 is 0 Å². The standard InChI is InChI=1S/C8H14O.3C3H7.Al.2Li/c1-4-8(3,5-2)6-7-9;3*1-3-2;;;/h4H,1,3,5-7H2,2H3;3*1,3H2,2H3;;;/q-2;;;;;2*+1. The Morgan fingerprint density at radius 2 is 1.43 bits per heavy atom. The Bertz CT molecular complexity index is 232. The Labute approximate surface area is 161 Å². The molecule has 114 valence electrons. The van der Waals surface area contributed by atoms with Crippen molar-refractivity contribution in [2.75, 3.05) is 6.61 Å². The summed E-state index contributed by atoms with van der Waals surface area (Å²) in [4.78, 5) is 0. The smallest absolute Gasteiger partial charge is 0.658 e. The summed E-state index contributed by atoms with van der Waals surface area (Å²) in [6.07, 6.45) is 7.89. The van der Waals surface area contributed by atoms with Gasteiger partial charge in [-0.2, -0.15) is 15.8 Å². The predicted octanol–water partition coefficient (Wildman–Crippen LogP) is -0.00691. The molecular formula is C17H35AlLi2O. The zero-order valence-electron chi connectivity index (χ0n) is 15.8. The largest absolute Gasteiger partial charge is 1.00 e. The van der Waals surface area contributed by atoms with Crippen molar-refractivity contribution in [1.29, 1.82) is 0 Å². The van der Waals surface area contributed by atoms with Crippen molar-refractivity contribution in [1.82, 2.24) is 0 Å². The third kappa shape index (κ3) is 10.8. The van der Waals surface area contributed by atoms with Crippen LogP contribution in [0, 0.1) is 12.3 Å². The van der Waals surface area contributed by atoms with Gasteiger partial charge in [0.1, 0.15) is 0 Å². The zero-order chi connectivity index (χ0) is 14.8. The zero-order valence-corrected chi connectivity index (χ0v) is 17.0. The minimum Gasteiger partial charge on any atom is -0.658 e. The Morgan fingerprint density at radius 3 is 1.71 bits per heavy atom. The first-order valence-corrected chi connectivity index (χ1v) is 11.3. The van der Waals surface area contributed by atoms with Crippen LogP contribution in [0.15, 0.2) is 12.7 Å². The molecule has 4 heteroatoms. The maximum Gasteiger partial charge on any atom is 1.00 e. The number of rotatable bonds is 12. The van der Waals surface area contributed by atoms with Gasteiger partial charge in [0.2, 0.25) is 0 Å². The summed E-state index contributed by atoms with van der Waals surface area (Å²) in [5.74, 6) is 0. The van der Waals surface area contributed by atoms with Gasteiger partial charge < -0.3 is 10.7 Å². The molecule has 0 heterocycles. The van der Waals surface area contributed by atoms with Gasteiger partial charge in [0.05, 0.1) is 0 Å². The van der Waals surface area contributed by atoms with E-state index < -0.39 is 13.4 Å². The Kier molecular flexibility index (Phi) is 19.5. The Balaban J connectivity index is -0.00000162. The minimum absolute atomic E-state index is 0. The van der Waals surface area contributed by atoms with Crippen LogP contribution in [-0.4, -0.2) is 20.0 Å². The summed E-state index contributed by atoms with van der Waals surface area (Å²) in [6.45, 7) is 18.2. The van der Waals surface area contributed by atoms with Crippen molar-refractivity contribution in [2.24, 2.45) is 5.41 Å². The normalized spacial score (nSPS) is 13.8. The van der Waals surface area contributed by atoms with Crippen LogP contribution in [0.25, 0.3) is 0 Å². The van der Waals surface area contributed by atoms with Crippen molar-refractivity contribution in [3.05, 3.63) is 19.6 Å². The molecular weight excluding hydrogens is 261 g/mol. The van der Waals surface area contributed by atoms with E-state index in [9.17, 15) is 0 Å². The summed E-state index contributed by atoms with van der Waals surface area (Å²) in [5, 5.41) is 4.04. The molecule has 0 aliphatic heterocycles. The molecule has 1 atom stereocenters. The average molecular weight is 296 g/mol. The third-order valence-corrected chi connectivity index (χ3v) is 10.5. The van der Waals surface area contributed by atoms with Crippen LogP contribution in [0.4, 0.5) is 0 Å². The molecule has 0 aromatic carbocycles. The fourth-order valence-electron chi connectivity index (χ4n) is 3.20. The van der Waals surface area contributed by atoms with Gasteiger partial charge >= 0.3 is 37.7 Å². The monoisotopic (exact) mass is 296 g/mol. The molecule has 0 aromatic heterocycles. The van der Waals surface area contributed by atoms with Gasteiger partial charge in [-0.25, -0.2) is 0 Å². The molecule has 0 spiro atoms. The van der Waals surface area contributed by atoms with E-state index in [1.165, 1.54) is 35.1 Å². The molecule has 21 heavy (non-hydrogen) atoms. The average Bonchev–Trinajstić information content (AvgIpc) is 2.39. The molecule has 0 rings (SSSR count). The van der Waals surface area contributed by atoms with Gasteiger partial charge in [0, 0.05) is 0 Å². The van der Waals surface area contributed by atoms with Gasteiger partial charge in [0.25, 0.3) is 13.4 Å². The summed E-state index contributed by atoms with van der Waals surface area (Å²) in [6, 6.07) is 0. The molecule has 0 N–H and O–H groups in total. The van der Waals surface area contributed by atoms with Crippen LogP contribution in [0.3, 0.4) is 0 Å². The molecule has 0 bridgehead atoms. The summed E-state index contributed by atoms with van der Waals surface area (Å²) < 4.78 is 6.53. The summed E-state index contributed by atoms with van der Waals surface area (Å²) >= 11 is -1.80. The quantitative estimate of drug-likeness (QED) is 0.280. The fourth-order valence-corrected chi connectivity index (χ4v) is 8.34. The maximum atomic E-state index is 6.53. The number of hydrogen-bond acceptors (Lipinski definition) is 1. The van der Waals surface area contributed by atoms with Gasteiger partial charge in [-0.15, -0.1) is 18.1 Å². The van der Waals surface area contributed by atoms with Crippen LogP contribution in [0.5, 0.6) is 0 Å². The van der Waals surface area contributed by atoms with E-state index in [0.29, 0.717) is 0 Å². The molecule has 0 radical (unpaired) electrons. The molecule has 0 aliphatic rings. The SMILES string of the molecule is C=CC([CH2-])(CC)CC[O][Al-]([CH2]CC)([CH2]CC)[CH2]CC.[Li+].[Li+]. The predicted molar refractivity (Wildman–Crippen MR) is 89.9 cm³/mol. The van der Waals surface area contributed by atoms with Gasteiger partial charge in [-0.1, -0.05) is 59.8 Å².